The normalized spacial score (nSPS) is 15.1. The van der Waals surface area contributed by atoms with E-state index in [1.807, 2.05) is 18.8 Å². The first-order chi connectivity index (χ1) is 8.38. The fourth-order valence-corrected chi connectivity index (χ4v) is 2.50. The average Bonchev–Trinajstić information content (AvgIpc) is 2.66. The van der Waals surface area contributed by atoms with Crippen molar-refractivity contribution in [1.82, 2.24) is 14.7 Å². The maximum Gasteiger partial charge on any atom is 0.107 e. The molecule has 0 aliphatic rings. The fraction of sp³-hybridized carbons (Fsp3) is 0.750. The Bertz CT molecular complexity index is 377. The summed E-state index contributed by atoms with van der Waals surface area (Å²) < 4.78 is 7.72. The Morgan fingerprint density at radius 3 is 2.78 bits per heavy atom. The number of methoxy groups -OCH3 is 1. The zero-order valence-corrected chi connectivity index (χ0v) is 13.1. The van der Waals surface area contributed by atoms with Crippen molar-refractivity contribution in [2.75, 3.05) is 34.4 Å². The zero-order chi connectivity index (χ0) is 13.8. The summed E-state index contributed by atoms with van der Waals surface area (Å²) in [6.07, 6.45) is 2.27. The van der Waals surface area contributed by atoms with E-state index >= 15 is 0 Å². The van der Waals surface area contributed by atoms with Crippen LogP contribution in [0.5, 0.6) is 0 Å². The minimum Gasteiger partial charge on any atom is -0.385 e. The molecule has 0 fully saturated rings. The van der Waals surface area contributed by atoms with Crippen molar-refractivity contribution in [2.24, 2.45) is 0 Å². The Hall–Kier alpha value is -0.430. The van der Waals surface area contributed by atoms with Gasteiger partial charge in [0.1, 0.15) is 5.60 Å². The lowest BCUT2D eigenvalue weighted by atomic mass is 9.98. The van der Waals surface area contributed by atoms with Crippen LogP contribution < -0.4 is 0 Å². The Morgan fingerprint density at radius 1 is 1.56 bits per heavy atom. The highest BCUT2D eigenvalue weighted by Crippen LogP contribution is 2.30. The molecule has 6 heteroatoms. The van der Waals surface area contributed by atoms with Gasteiger partial charge in [-0.15, -0.1) is 0 Å². The maximum atomic E-state index is 10.5. The number of hydrogen-bond donors (Lipinski definition) is 1. The molecule has 18 heavy (non-hydrogen) atoms. The van der Waals surface area contributed by atoms with E-state index in [0.717, 1.165) is 23.3 Å². The number of aromatic nitrogens is 2. The predicted octanol–water partition coefficient (Wildman–Crippen LogP) is 1.45. The Balaban J connectivity index is 2.88. The minimum atomic E-state index is -0.947. The lowest BCUT2D eigenvalue weighted by Crippen LogP contribution is -2.29. The van der Waals surface area contributed by atoms with Gasteiger partial charge in [0.05, 0.1) is 22.9 Å². The molecule has 0 radical (unpaired) electrons. The monoisotopic (exact) mass is 319 g/mol. The van der Waals surface area contributed by atoms with E-state index in [-0.39, 0.29) is 0 Å². The van der Waals surface area contributed by atoms with Crippen LogP contribution in [0.4, 0.5) is 0 Å². The summed E-state index contributed by atoms with van der Waals surface area (Å²) in [5.74, 6) is 0. The third kappa shape index (κ3) is 4.05. The second-order valence-corrected chi connectivity index (χ2v) is 5.74. The summed E-state index contributed by atoms with van der Waals surface area (Å²) in [6, 6.07) is 0. The molecule has 0 bridgehead atoms. The van der Waals surface area contributed by atoms with Crippen molar-refractivity contribution in [3.8, 4) is 0 Å². The summed E-state index contributed by atoms with van der Waals surface area (Å²) in [5.41, 5.74) is -0.140. The van der Waals surface area contributed by atoms with Gasteiger partial charge in [-0.3, -0.25) is 4.68 Å². The fourth-order valence-electron chi connectivity index (χ4n) is 1.78. The molecule has 0 spiro atoms. The molecule has 1 aromatic heterocycles. The number of nitrogens with zero attached hydrogens (tertiary/aromatic N) is 3. The molecule has 1 unspecified atom stereocenters. The molecule has 0 aliphatic heterocycles. The highest BCUT2D eigenvalue weighted by molar-refractivity contribution is 9.10. The van der Waals surface area contributed by atoms with E-state index in [1.54, 1.807) is 20.2 Å². The van der Waals surface area contributed by atoms with Gasteiger partial charge in [0.15, 0.2) is 0 Å². The highest BCUT2D eigenvalue weighted by atomic mass is 79.9. The number of rotatable bonds is 7. The van der Waals surface area contributed by atoms with Crippen LogP contribution >= 0.6 is 15.9 Å². The first kappa shape index (κ1) is 15.6. The van der Waals surface area contributed by atoms with Crippen molar-refractivity contribution < 1.29 is 9.84 Å². The van der Waals surface area contributed by atoms with Crippen LogP contribution in [0, 0.1) is 0 Å². The molecule has 0 saturated carbocycles. The van der Waals surface area contributed by atoms with Crippen LogP contribution in [-0.2, 0) is 16.9 Å². The van der Waals surface area contributed by atoms with Crippen LogP contribution in [0.3, 0.4) is 0 Å². The lowest BCUT2D eigenvalue weighted by Gasteiger charge is -2.25. The third-order valence-corrected chi connectivity index (χ3v) is 3.44. The van der Waals surface area contributed by atoms with Crippen LogP contribution in [0.15, 0.2) is 10.7 Å². The van der Waals surface area contributed by atoms with E-state index in [1.165, 1.54) is 0 Å². The van der Waals surface area contributed by atoms with Gasteiger partial charge in [0.25, 0.3) is 0 Å². The third-order valence-electron chi connectivity index (χ3n) is 2.86. The largest absolute Gasteiger partial charge is 0.385 e. The molecule has 0 saturated heterocycles. The van der Waals surface area contributed by atoms with Crippen molar-refractivity contribution in [3.63, 3.8) is 0 Å². The standard InChI is InChI=1S/C12H22BrN3O2/c1-12(17,5-8-18-4)11-10(13)9-14-16(11)7-6-15(2)3/h9,17H,5-8H2,1-4H3. The van der Waals surface area contributed by atoms with Crippen molar-refractivity contribution in [3.05, 3.63) is 16.4 Å². The zero-order valence-electron chi connectivity index (χ0n) is 11.5. The molecule has 1 heterocycles. The molecular formula is C12H22BrN3O2. The highest BCUT2D eigenvalue weighted by Gasteiger charge is 2.29. The van der Waals surface area contributed by atoms with Crippen LogP contribution in [0.1, 0.15) is 19.0 Å². The molecule has 1 N–H and O–H groups in total. The smallest absolute Gasteiger partial charge is 0.107 e. The van der Waals surface area contributed by atoms with E-state index < -0.39 is 5.60 Å². The first-order valence-electron chi connectivity index (χ1n) is 5.96. The summed E-state index contributed by atoms with van der Waals surface area (Å²) in [5, 5.41) is 14.9. The second-order valence-electron chi connectivity index (χ2n) is 4.88. The Morgan fingerprint density at radius 2 is 2.22 bits per heavy atom. The van der Waals surface area contributed by atoms with E-state index in [4.69, 9.17) is 4.74 Å². The van der Waals surface area contributed by atoms with Gasteiger partial charge >= 0.3 is 0 Å². The van der Waals surface area contributed by atoms with E-state index in [0.29, 0.717) is 13.0 Å². The Labute approximate surface area is 117 Å². The van der Waals surface area contributed by atoms with Crippen molar-refractivity contribution >= 4 is 15.9 Å². The topological polar surface area (TPSA) is 50.5 Å². The van der Waals surface area contributed by atoms with E-state index in [9.17, 15) is 5.11 Å². The number of halogens is 1. The number of ether oxygens (including phenoxy) is 1. The molecule has 5 nitrogen and oxygen atoms in total. The van der Waals surface area contributed by atoms with Gasteiger partial charge < -0.3 is 14.7 Å². The quantitative estimate of drug-likeness (QED) is 0.826. The van der Waals surface area contributed by atoms with Crippen molar-refractivity contribution in [1.29, 1.82) is 0 Å². The van der Waals surface area contributed by atoms with E-state index in [2.05, 4.69) is 25.9 Å². The van der Waals surface area contributed by atoms with Gasteiger partial charge in [-0.1, -0.05) is 0 Å². The molecular weight excluding hydrogens is 298 g/mol. The summed E-state index contributed by atoms with van der Waals surface area (Å²) in [6.45, 7) is 3.93. The van der Waals surface area contributed by atoms with Gasteiger partial charge in [0.2, 0.25) is 0 Å². The first-order valence-corrected chi connectivity index (χ1v) is 6.75. The predicted molar refractivity (Wildman–Crippen MR) is 74.5 cm³/mol. The molecule has 1 atom stereocenters. The van der Waals surface area contributed by atoms with Gasteiger partial charge in [-0.2, -0.15) is 5.10 Å². The van der Waals surface area contributed by atoms with Gasteiger partial charge in [-0.05, 0) is 36.9 Å². The number of likely N-dealkylation sites (N-methyl/N-ethyl adjacent to an activating group) is 1. The summed E-state index contributed by atoms with van der Waals surface area (Å²) in [7, 11) is 5.66. The summed E-state index contributed by atoms with van der Waals surface area (Å²) >= 11 is 3.45. The summed E-state index contributed by atoms with van der Waals surface area (Å²) in [4.78, 5) is 2.09. The maximum absolute atomic E-state index is 10.5. The van der Waals surface area contributed by atoms with Crippen LogP contribution in [0.2, 0.25) is 0 Å². The number of aliphatic hydroxyl groups is 1. The van der Waals surface area contributed by atoms with Gasteiger partial charge in [0, 0.05) is 26.7 Å². The average molecular weight is 320 g/mol. The van der Waals surface area contributed by atoms with Crippen LogP contribution in [0.25, 0.3) is 0 Å². The minimum absolute atomic E-state index is 0.512. The van der Waals surface area contributed by atoms with Gasteiger partial charge in [-0.25, -0.2) is 0 Å². The lowest BCUT2D eigenvalue weighted by molar-refractivity contribution is 0.0125. The molecule has 1 aromatic rings. The van der Waals surface area contributed by atoms with Crippen LogP contribution in [-0.4, -0.2) is 54.1 Å². The second kappa shape index (κ2) is 6.65. The SMILES string of the molecule is COCCC(C)(O)c1c(Br)cnn1CCN(C)C. The number of hydrogen-bond acceptors (Lipinski definition) is 4. The van der Waals surface area contributed by atoms with Crippen molar-refractivity contribution in [2.45, 2.75) is 25.5 Å². The molecule has 0 aromatic carbocycles. The molecule has 1 rings (SSSR count). The Kier molecular flexibility index (Phi) is 5.78. The molecule has 0 aliphatic carbocycles. The molecule has 0 amide bonds. The molecule has 104 valence electrons.